The Labute approximate surface area is 323 Å². The molecule has 0 heterocycles. The predicted molar refractivity (Wildman–Crippen MR) is 224 cm³/mol. The number of unbranched alkanes of at least 4 members (excludes halogenated alkanes) is 24. The summed E-state index contributed by atoms with van der Waals surface area (Å²) in [6.07, 6.45) is 50.1. The summed E-state index contributed by atoms with van der Waals surface area (Å²) in [7, 11) is 0. The maximum atomic E-state index is 12.6. The van der Waals surface area contributed by atoms with Crippen molar-refractivity contribution in [2.75, 3.05) is 19.8 Å². The molecule has 5 nitrogen and oxygen atoms in total. The third-order valence-corrected chi connectivity index (χ3v) is 9.69. The van der Waals surface area contributed by atoms with Gasteiger partial charge in [0.1, 0.15) is 6.61 Å². The summed E-state index contributed by atoms with van der Waals surface area (Å²) in [4.78, 5) is 25.1. The molecule has 0 amide bonds. The van der Waals surface area contributed by atoms with Gasteiger partial charge in [-0.3, -0.25) is 9.59 Å². The lowest BCUT2D eigenvalue weighted by Gasteiger charge is -2.18. The average Bonchev–Trinajstić information content (AvgIpc) is 3.14. The quantitative estimate of drug-likeness (QED) is 0.0356. The fraction of sp³-hybridized carbons (Fsp3) is 0.830. The van der Waals surface area contributed by atoms with E-state index in [4.69, 9.17) is 14.2 Å². The molecular weight excluding hydrogens is 645 g/mol. The lowest BCUT2D eigenvalue weighted by molar-refractivity contribution is -0.163. The average molecular weight is 731 g/mol. The van der Waals surface area contributed by atoms with Gasteiger partial charge >= 0.3 is 11.9 Å². The monoisotopic (exact) mass is 731 g/mol. The molecule has 0 aromatic heterocycles. The van der Waals surface area contributed by atoms with E-state index in [1.54, 1.807) is 0 Å². The summed E-state index contributed by atoms with van der Waals surface area (Å²) in [5.74, 6) is -0.429. The number of allylic oxidation sites excluding steroid dienone is 6. The van der Waals surface area contributed by atoms with Crippen molar-refractivity contribution >= 4 is 11.9 Å². The van der Waals surface area contributed by atoms with Gasteiger partial charge in [0.2, 0.25) is 0 Å². The molecule has 0 aliphatic rings. The highest BCUT2D eigenvalue weighted by Crippen LogP contribution is 2.15. The third-order valence-electron chi connectivity index (χ3n) is 9.69. The van der Waals surface area contributed by atoms with E-state index in [2.05, 4.69) is 57.2 Å². The van der Waals surface area contributed by atoms with E-state index in [0.717, 1.165) is 64.2 Å². The summed E-state index contributed by atoms with van der Waals surface area (Å²) in [6.45, 7) is 7.67. The maximum Gasteiger partial charge on any atom is 0.306 e. The third kappa shape index (κ3) is 40.9. The highest BCUT2D eigenvalue weighted by atomic mass is 16.6. The van der Waals surface area contributed by atoms with E-state index in [-0.39, 0.29) is 25.2 Å². The van der Waals surface area contributed by atoms with Crippen LogP contribution in [0.15, 0.2) is 36.5 Å². The molecule has 0 aliphatic heterocycles. The number of hydrogen-bond donors (Lipinski definition) is 0. The topological polar surface area (TPSA) is 61.8 Å². The van der Waals surface area contributed by atoms with Crippen LogP contribution in [0.5, 0.6) is 0 Å². The van der Waals surface area contributed by atoms with Gasteiger partial charge in [-0.2, -0.15) is 0 Å². The van der Waals surface area contributed by atoms with Gasteiger partial charge in [0.25, 0.3) is 0 Å². The van der Waals surface area contributed by atoms with E-state index >= 15 is 0 Å². The standard InChI is InChI=1S/C47H86O5/c1-4-7-10-13-16-18-20-22-23-24-26-28-30-33-36-39-42-50-43-45(52-47(49)41-38-35-31-15-12-9-6-3)44-51-46(48)40-37-34-32-29-27-25-21-19-17-14-11-8-5-2/h8,11,17,19,25,27,45H,4-7,9-10,12-16,18,20-24,26,28-44H2,1-3H3/b11-8-,19-17-,27-25-. The Morgan fingerprint density at radius 2 is 0.865 bits per heavy atom. The molecule has 0 aliphatic carbocycles. The number of hydrogen-bond acceptors (Lipinski definition) is 5. The highest BCUT2D eigenvalue weighted by molar-refractivity contribution is 5.70. The molecule has 0 aromatic carbocycles. The minimum absolute atomic E-state index is 0.0744. The van der Waals surface area contributed by atoms with Crippen LogP contribution in [0.2, 0.25) is 0 Å². The molecule has 1 atom stereocenters. The number of carbonyl (C=O) groups is 2. The van der Waals surface area contributed by atoms with Gasteiger partial charge in [-0.25, -0.2) is 0 Å². The van der Waals surface area contributed by atoms with Crippen LogP contribution in [0.25, 0.3) is 0 Å². The maximum absolute atomic E-state index is 12.6. The molecule has 1 unspecified atom stereocenters. The van der Waals surface area contributed by atoms with Gasteiger partial charge < -0.3 is 14.2 Å². The molecule has 0 rings (SSSR count). The second-order valence-electron chi connectivity index (χ2n) is 14.9. The zero-order valence-electron chi connectivity index (χ0n) is 34.8. The second kappa shape index (κ2) is 43.5. The van der Waals surface area contributed by atoms with Crippen molar-refractivity contribution in [2.24, 2.45) is 0 Å². The summed E-state index contributed by atoms with van der Waals surface area (Å²) in [5.41, 5.74) is 0. The van der Waals surface area contributed by atoms with Crippen LogP contribution in [0, 0.1) is 0 Å². The number of rotatable bonds is 41. The van der Waals surface area contributed by atoms with Crippen LogP contribution < -0.4 is 0 Å². The minimum Gasteiger partial charge on any atom is -0.462 e. The van der Waals surface area contributed by atoms with E-state index in [9.17, 15) is 9.59 Å². The molecule has 0 saturated carbocycles. The molecular formula is C47H86O5. The van der Waals surface area contributed by atoms with Crippen LogP contribution in [0.3, 0.4) is 0 Å². The first kappa shape index (κ1) is 50.1. The molecule has 304 valence electrons. The molecule has 0 aromatic rings. The van der Waals surface area contributed by atoms with Crippen molar-refractivity contribution in [1.82, 2.24) is 0 Å². The number of ether oxygens (including phenoxy) is 3. The predicted octanol–water partition coefficient (Wildman–Crippen LogP) is 14.7. The van der Waals surface area contributed by atoms with Crippen molar-refractivity contribution in [1.29, 1.82) is 0 Å². The first-order valence-corrected chi connectivity index (χ1v) is 22.5. The lowest BCUT2D eigenvalue weighted by atomic mass is 10.0. The van der Waals surface area contributed by atoms with E-state index in [1.165, 1.54) is 128 Å². The van der Waals surface area contributed by atoms with Crippen LogP contribution in [0.4, 0.5) is 0 Å². The van der Waals surface area contributed by atoms with Crippen molar-refractivity contribution in [3.8, 4) is 0 Å². The Hall–Kier alpha value is -1.88. The Morgan fingerprint density at radius 3 is 1.38 bits per heavy atom. The summed E-state index contributed by atoms with van der Waals surface area (Å²) in [6, 6.07) is 0. The van der Waals surface area contributed by atoms with Crippen molar-refractivity contribution < 1.29 is 23.8 Å². The van der Waals surface area contributed by atoms with Crippen LogP contribution in [-0.2, 0) is 23.8 Å². The fourth-order valence-electron chi connectivity index (χ4n) is 6.35. The largest absolute Gasteiger partial charge is 0.462 e. The van der Waals surface area contributed by atoms with E-state index in [1.807, 2.05) is 0 Å². The Morgan fingerprint density at radius 1 is 0.442 bits per heavy atom. The van der Waals surface area contributed by atoms with E-state index in [0.29, 0.717) is 19.4 Å². The Kier molecular flexibility index (Phi) is 42.0. The smallest absolute Gasteiger partial charge is 0.306 e. The van der Waals surface area contributed by atoms with Crippen molar-refractivity contribution in [3.63, 3.8) is 0 Å². The van der Waals surface area contributed by atoms with Gasteiger partial charge in [-0.05, 0) is 51.4 Å². The molecule has 0 radical (unpaired) electrons. The summed E-state index contributed by atoms with van der Waals surface area (Å²) >= 11 is 0. The van der Waals surface area contributed by atoms with Gasteiger partial charge in [0.05, 0.1) is 6.61 Å². The first-order chi connectivity index (χ1) is 25.6. The first-order valence-electron chi connectivity index (χ1n) is 22.5. The van der Waals surface area contributed by atoms with E-state index < -0.39 is 6.10 Å². The molecule has 5 heteroatoms. The van der Waals surface area contributed by atoms with Gasteiger partial charge in [0.15, 0.2) is 6.10 Å². The van der Waals surface area contributed by atoms with Gasteiger partial charge in [0, 0.05) is 19.4 Å². The Bertz CT molecular complexity index is 832. The number of carbonyl (C=O) groups excluding carboxylic acids is 2. The normalized spacial score (nSPS) is 12.4. The zero-order valence-corrected chi connectivity index (χ0v) is 34.8. The van der Waals surface area contributed by atoms with Crippen LogP contribution >= 0.6 is 0 Å². The number of esters is 2. The molecule has 0 fully saturated rings. The van der Waals surface area contributed by atoms with Crippen molar-refractivity contribution in [3.05, 3.63) is 36.5 Å². The molecule has 0 bridgehead atoms. The second-order valence-corrected chi connectivity index (χ2v) is 14.9. The molecule has 0 saturated heterocycles. The van der Waals surface area contributed by atoms with Crippen molar-refractivity contribution in [2.45, 2.75) is 232 Å². The minimum atomic E-state index is -0.538. The highest BCUT2D eigenvalue weighted by Gasteiger charge is 2.17. The zero-order chi connectivity index (χ0) is 37.8. The molecule has 0 N–H and O–H groups in total. The fourth-order valence-corrected chi connectivity index (χ4v) is 6.35. The summed E-state index contributed by atoms with van der Waals surface area (Å²) < 4.78 is 17.2. The van der Waals surface area contributed by atoms with Crippen LogP contribution in [-0.4, -0.2) is 37.9 Å². The molecule has 0 spiro atoms. The van der Waals surface area contributed by atoms with Gasteiger partial charge in [-0.1, -0.05) is 198 Å². The molecule has 52 heavy (non-hydrogen) atoms. The lowest BCUT2D eigenvalue weighted by Crippen LogP contribution is -2.30. The Balaban J connectivity index is 4.16. The van der Waals surface area contributed by atoms with Gasteiger partial charge in [-0.15, -0.1) is 0 Å². The SMILES string of the molecule is CC/C=C\C/C=C\C/C=C\CCCCCC(=O)OCC(COCCCCCCCCCCCCCCCCCC)OC(=O)CCCCCCCCC. The van der Waals surface area contributed by atoms with Crippen LogP contribution in [0.1, 0.15) is 226 Å². The summed E-state index contributed by atoms with van der Waals surface area (Å²) in [5, 5.41) is 0.